The minimum atomic E-state index is -3.87. The quantitative estimate of drug-likeness (QED) is 0.156. The van der Waals surface area contributed by atoms with Crippen LogP contribution in [-0.2, 0) is 33.4 Å². The van der Waals surface area contributed by atoms with Gasteiger partial charge in [-0.3, -0.25) is 33.6 Å². The van der Waals surface area contributed by atoms with Crippen LogP contribution in [0.2, 0.25) is 0 Å². The summed E-state index contributed by atoms with van der Waals surface area (Å²) >= 11 is 1.80. The monoisotopic (exact) mass is 870 g/mol. The molecule has 3 aromatic carbocycles. The summed E-state index contributed by atoms with van der Waals surface area (Å²) < 4.78 is 18.2. The first-order valence-corrected chi connectivity index (χ1v) is 20.8. The summed E-state index contributed by atoms with van der Waals surface area (Å²) in [6.45, 7) is 2.82. The summed E-state index contributed by atoms with van der Waals surface area (Å²) in [5.74, 6) is -6.06. The van der Waals surface area contributed by atoms with Gasteiger partial charge in [0.15, 0.2) is 41.3 Å². The number of Topliss-reactive ketones (excluding diaryl/α,β-unsaturated/α-hetero) is 4. The number of aliphatic hydroxyl groups excluding tert-OH is 2. The highest BCUT2D eigenvalue weighted by Crippen LogP contribution is 2.50. The molecule has 2 aliphatic heterocycles. The fourth-order valence-electron chi connectivity index (χ4n) is 7.00. The van der Waals surface area contributed by atoms with E-state index in [4.69, 9.17) is 14.2 Å². The molecule has 1 unspecified atom stereocenters. The molecule has 5 N–H and O–H groups in total. The number of rotatable bonds is 14. The van der Waals surface area contributed by atoms with Crippen molar-refractivity contribution in [1.82, 2.24) is 0 Å². The van der Waals surface area contributed by atoms with Gasteiger partial charge in [0, 0.05) is 22.4 Å². The number of carbonyl (C=O) groups excluding carboxylic acids is 7. The van der Waals surface area contributed by atoms with Crippen molar-refractivity contribution < 1.29 is 73.3 Å². The Hall–Kier alpha value is -3.92. The van der Waals surface area contributed by atoms with Crippen molar-refractivity contribution in [3.05, 3.63) is 108 Å². The molecule has 3 aromatic rings. The van der Waals surface area contributed by atoms with Crippen LogP contribution in [0.15, 0.2) is 91.0 Å². The second-order valence-electron chi connectivity index (χ2n) is 14.0. The highest BCUT2D eigenvalue weighted by Gasteiger charge is 2.80. The average Bonchev–Trinajstić information content (AvgIpc) is 3.22. The van der Waals surface area contributed by atoms with Crippen molar-refractivity contribution in [2.75, 3.05) is 5.75 Å². The van der Waals surface area contributed by atoms with Crippen LogP contribution in [0.1, 0.15) is 58.8 Å². The first-order valence-electron chi connectivity index (χ1n) is 18.1. The minimum absolute atomic E-state index is 0.164. The molecule has 0 amide bonds. The predicted octanol–water partition coefficient (Wildman–Crippen LogP) is 2.18. The van der Waals surface area contributed by atoms with E-state index in [1.165, 1.54) is 24.3 Å². The van der Waals surface area contributed by atoms with Crippen LogP contribution in [0.25, 0.3) is 0 Å². The number of aliphatic hydroxyl groups is 5. The van der Waals surface area contributed by atoms with Gasteiger partial charge in [0.1, 0.15) is 18.3 Å². The molecule has 0 radical (unpaired) electrons. The Morgan fingerprint density at radius 1 is 0.644 bits per heavy atom. The molecule has 0 bridgehead atoms. The van der Waals surface area contributed by atoms with E-state index in [9.17, 15) is 59.1 Å². The van der Waals surface area contributed by atoms with Crippen molar-refractivity contribution in [3.63, 3.8) is 0 Å². The molecular formula is C41H42O15S3. The topological polar surface area (TPSA) is 248 Å². The third-order valence-electron chi connectivity index (χ3n) is 10.2. The standard InChI is InChI=1S/C41H42O15S3/c1-21(42)29(46)33-39(51,22(2)43)41(53,24(4)45)40(52,23(3)44)38(56-33)55-30-28(20-57-35(48)25-14-8-5-9-15-25)54-34(47)32(59-37(50)27-18-12-7-13-19-27)31(30)58-36(49)26-16-10-6-11-17-26/h5-19,28-34,38,46-47,51-53H,20H2,1-4H3/t28-,29?,30+,31-,32+,33-,34+,38-,39+,40+,41+/m1/s1. The highest BCUT2D eigenvalue weighted by atomic mass is 32.2. The van der Waals surface area contributed by atoms with Crippen molar-refractivity contribution in [1.29, 1.82) is 0 Å². The van der Waals surface area contributed by atoms with E-state index in [0.717, 1.165) is 6.92 Å². The molecule has 2 fully saturated rings. The Labute approximate surface area is 351 Å². The highest BCUT2D eigenvalue weighted by molar-refractivity contribution is 8.18. The number of hydrogen-bond donors (Lipinski definition) is 5. The zero-order valence-corrected chi connectivity index (χ0v) is 34.5. The zero-order chi connectivity index (χ0) is 43.4. The molecule has 15 nitrogen and oxygen atoms in total. The van der Waals surface area contributed by atoms with Crippen LogP contribution >= 0.6 is 35.3 Å². The minimum Gasteiger partial charge on any atom is -0.382 e. The summed E-state index contributed by atoms with van der Waals surface area (Å²) in [4.78, 5) is 94.0. The second-order valence-corrected chi connectivity index (χ2v) is 17.3. The lowest BCUT2D eigenvalue weighted by Crippen LogP contribution is -2.87. The Bertz CT molecular complexity index is 2070. The molecule has 314 valence electrons. The third-order valence-corrected chi connectivity index (χ3v) is 13.9. The largest absolute Gasteiger partial charge is 0.382 e. The van der Waals surface area contributed by atoms with Crippen LogP contribution in [0.4, 0.5) is 0 Å². The Kier molecular flexibility index (Phi) is 14.7. The Morgan fingerprint density at radius 2 is 1.08 bits per heavy atom. The number of thioether (sulfide) groups is 3. The third kappa shape index (κ3) is 8.80. The smallest absolute Gasteiger partial charge is 0.219 e. The Morgan fingerprint density at radius 3 is 1.51 bits per heavy atom. The Balaban J connectivity index is 1.69. The maximum atomic E-state index is 14.0. The van der Waals surface area contributed by atoms with Gasteiger partial charge in [-0.05, 0) is 27.7 Å². The lowest BCUT2D eigenvalue weighted by molar-refractivity contribution is -0.384. The van der Waals surface area contributed by atoms with Gasteiger partial charge in [0.25, 0.3) is 0 Å². The average molecular weight is 871 g/mol. The molecule has 0 aromatic heterocycles. The maximum Gasteiger partial charge on any atom is 0.219 e. The molecular weight excluding hydrogens is 829 g/mol. The molecule has 59 heavy (non-hydrogen) atoms. The van der Waals surface area contributed by atoms with E-state index >= 15 is 0 Å². The SMILES string of the molecule is CC(=O)C(O)[C@H]1O[C@@H](O[C@@H]2[C@@H](SC(=O)c3ccccc3)[C@H](SC(=O)c3ccccc3)[C@@H](O)O[C@@H]2CSC(=O)c2ccccc2)[C@@](O)(C(C)=O)[C@](O)(C(C)=O)[C@]1(O)C(C)=O. The van der Waals surface area contributed by atoms with Gasteiger partial charge in [-0.25, -0.2) is 0 Å². The summed E-state index contributed by atoms with van der Waals surface area (Å²) in [5, 5.41) is 54.6. The molecule has 5 rings (SSSR count). The lowest BCUT2D eigenvalue weighted by atomic mass is 9.60. The molecule has 2 saturated heterocycles. The molecule has 0 saturated carbocycles. The van der Waals surface area contributed by atoms with E-state index < -0.39 is 103 Å². The molecule has 0 spiro atoms. The van der Waals surface area contributed by atoms with Crippen LogP contribution in [-0.4, -0.2) is 134 Å². The summed E-state index contributed by atoms with van der Waals surface area (Å²) in [7, 11) is 0. The van der Waals surface area contributed by atoms with E-state index in [1.807, 2.05) is 0 Å². The molecule has 2 aliphatic rings. The van der Waals surface area contributed by atoms with Gasteiger partial charge in [-0.2, -0.15) is 0 Å². The molecule has 18 heteroatoms. The zero-order valence-electron chi connectivity index (χ0n) is 32.0. The van der Waals surface area contributed by atoms with Crippen LogP contribution in [0.5, 0.6) is 0 Å². The second kappa shape index (κ2) is 18.8. The fourth-order valence-corrected chi connectivity index (χ4v) is 10.4. The van der Waals surface area contributed by atoms with Crippen molar-refractivity contribution in [2.45, 2.75) is 92.0 Å². The number of carbonyl (C=O) groups is 7. The van der Waals surface area contributed by atoms with E-state index in [2.05, 4.69) is 0 Å². The van der Waals surface area contributed by atoms with Crippen molar-refractivity contribution in [3.8, 4) is 0 Å². The fraction of sp³-hybridized carbons (Fsp3) is 0.390. The first-order chi connectivity index (χ1) is 27.8. The normalized spacial score (nSPS) is 31.1. The maximum absolute atomic E-state index is 14.0. The van der Waals surface area contributed by atoms with Gasteiger partial charge in [-0.15, -0.1) is 0 Å². The number of ether oxygens (including phenoxy) is 3. The molecule has 0 aliphatic carbocycles. The van der Waals surface area contributed by atoms with Crippen molar-refractivity contribution >= 4 is 73.8 Å². The number of ketones is 4. The lowest BCUT2D eigenvalue weighted by Gasteiger charge is -2.59. The van der Waals surface area contributed by atoms with E-state index in [1.54, 1.807) is 66.7 Å². The van der Waals surface area contributed by atoms with Gasteiger partial charge in [0.05, 0.1) is 16.6 Å². The number of hydrogen-bond acceptors (Lipinski definition) is 18. The van der Waals surface area contributed by atoms with E-state index in [-0.39, 0.29) is 22.4 Å². The van der Waals surface area contributed by atoms with Gasteiger partial charge < -0.3 is 39.7 Å². The van der Waals surface area contributed by atoms with E-state index in [0.29, 0.717) is 56.1 Å². The van der Waals surface area contributed by atoms with Gasteiger partial charge in [-0.1, -0.05) is 126 Å². The van der Waals surface area contributed by atoms with Gasteiger partial charge in [0.2, 0.25) is 26.5 Å². The van der Waals surface area contributed by atoms with Crippen LogP contribution in [0.3, 0.4) is 0 Å². The molecule has 11 atom stereocenters. The van der Waals surface area contributed by atoms with Gasteiger partial charge >= 0.3 is 0 Å². The van der Waals surface area contributed by atoms with Crippen LogP contribution < -0.4 is 0 Å². The summed E-state index contributed by atoms with van der Waals surface area (Å²) in [6, 6.07) is 23.7. The summed E-state index contributed by atoms with van der Waals surface area (Å²) in [6.07, 6.45) is -12.8. The first kappa shape index (κ1) is 46.2. The summed E-state index contributed by atoms with van der Waals surface area (Å²) in [5.41, 5.74) is -10.6. The number of benzene rings is 3. The molecule has 2 heterocycles. The van der Waals surface area contributed by atoms with Crippen molar-refractivity contribution in [2.24, 2.45) is 0 Å². The predicted molar refractivity (Wildman–Crippen MR) is 216 cm³/mol. The van der Waals surface area contributed by atoms with Crippen LogP contribution in [0, 0.1) is 0 Å².